The van der Waals surface area contributed by atoms with E-state index in [0.717, 1.165) is 6.42 Å². The van der Waals surface area contributed by atoms with Gasteiger partial charge in [0, 0.05) is 18.8 Å². The van der Waals surface area contributed by atoms with Gasteiger partial charge in [0.2, 0.25) is 10.0 Å². The van der Waals surface area contributed by atoms with Crippen LogP contribution in [-0.4, -0.2) is 45.1 Å². The lowest BCUT2D eigenvalue weighted by molar-refractivity contribution is -0.00281. The highest BCUT2D eigenvalue weighted by Crippen LogP contribution is 2.30. The third-order valence-corrected chi connectivity index (χ3v) is 5.33. The molecule has 0 spiro atoms. The van der Waals surface area contributed by atoms with Crippen LogP contribution in [0.1, 0.15) is 20.3 Å². The van der Waals surface area contributed by atoms with Crippen molar-refractivity contribution in [2.45, 2.75) is 31.3 Å². The molecule has 1 unspecified atom stereocenters. The van der Waals surface area contributed by atoms with Gasteiger partial charge in [-0.05, 0) is 31.5 Å². The molecule has 1 aliphatic heterocycles. The fourth-order valence-corrected chi connectivity index (χ4v) is 3.92. The zero-order chi connectivity index (χ0) is 15.5. The van der Waals surface area contributed by atoms with Crippen molar-refractivity contribution in [3.8, 4) is 5.75 Å². The number of morpholine rings is 1. The first kappa shape index (κ1) is 16.1. The standard InChI is InChI=1S/C14H22N2O4S/c1-3-12-10-16(7-8-20-12)21(17,18)14-9-11(15)5-6-13(14)19-4-2/h5-6,9,12H,3-4,7-8,10,15H2,1-2H3. The molecule has 1 aliphatic rings. The summed E-state index contributed by atoms with van der Waals surface area (Å²) in [5, 5.41) is 0. The van der Waals surface area contributed by atoms with Crippen molar-refractivity contribution in [1.82, 2.24) is 4.31 Å². The molecule has 0 bridgehead atoms. The van der Waals surface area contributed by atoms with E-state index >= 15 is 0 Å². The van der Waals surface area contributed by atoms with E-state index in [1.54, 1.807) is 12.1 Å². The van der Waals surface area contributed by atoms with Gasteiger partial charge in [0.25, 0.3) is 0 Å². The van der Waals surface area contributed by atoms with E-state index in [9.17, 15) is 8.42 Å². The number of nitrogens with two attached hydrogens (primary N) is 1. The van der Waals surface area contributed by atoms with E-state index in [4.69, 9.17) is 15.2 Å². The molecular formula is C14H22N2O4S. The number of sulfonamides is 1. The average Bonchev–Trinajstić information content (AvgIpc) is 2.49. The van der Waals surface area contributed by atoms with Crippen molar-refractivity contribution in [1.29, 1.82) is 0 Å². The van der Waals surface area contributed by atoms with Gasteiger partial charge in [0.15, 0.2) is 0 Å². The van der Waals surface area contributed by atoms with Crippen LogP contribution in [-0.2, 0) is 14.8 Å². The number of rotatable bonds is 5. The van der Waals surface area contributed by atoms with E-state index in [1.165, 1.54) is 10.4 Å². The summed E-state index contributed by atoms with van der Waals surface area (Å²) >= 11 is 0. The number of nitrogens with zero attached hydrogens (tertiary/aromatic N) is 1. The van der Waals surface area contributed by atoms with Gasteiger partial charge in [-0.2, -0.15) is 4.31 Å². The van der Waals surface area contributed by atoms with Crippen molar-refractivity contribution in [3.63, 3.8) is 0 Å². The Bertz CT molecular complexity index is 589. The van der Waals surface area contributed by atoms with Crippen LogP contribution in [0, 0.1) is 0 Å². The largest absolute Gasteiger partial charge is 0.492 e. The van der Waals surface area contributed by atoms with Crippen molar-refractivity contribution in [2.24, 2.45) is 0 Å². The minimum atomic E-state index is -3.63. The lowest BCUT2D eigenvalue weighted by atomic mass is 10.2. The Hall–Kier alpha value is -1.31. The SMILES string of the molecule is CCOc1ccc(N)cc1S(=O)(=O)N1CCOC(CC)C1. The van der Waals surface area contributed by atoms with Crippen molar-refractivity contribution in [3.05, 3.63) is 18.2 Å². The van der Waals surface area contributed by atoms with E-state index in [-0.39, 0.29) is 11.0 Å². The molecule has 1 heterocycles. The Morgan fingerprint density at radius 2 is 2.19 bits per heavy atom. The molecule has 0 aromatic heterocycles. The van der Waals surface area contributed by atoms with Crippen molar-refractivity contribution < 1.29 is 17.9 Å². The van der Waals surface area contributed by atoms with Crippen molar-refractivity contribution >= 4 is 15.7 Å². The van der Waals surface area contributed by atoms with Gasteiger partial charge in [-0.1, -0.05) is 6.92 Å². The molecule has 1 fully saturated rings. The molecule has 6 nitrogen and oxygen atoms in total. The van der Waals surface area contributed by atoms with Crippen LogP contribution < -0.4 is 10.5 Å². The van der Waals surface area contributed by atoms with Gasteiger partial charge in [0.05, 0.1) is 19.3 Å². The molecule has 21 heavy (non-hydrogen) atoms. The Morgan fingerprint density at radius 1 is 1.43 bits per heavy atom. The molecule has 2 N–H and O–H groups in total. The summed E-state index contributed by atoms with van der Waals surface area (Å²) in [4.78, 5) is 0.126. The normalized spacial score (nSPS) is 20.4. The summed E-state index contributed by atoms with van der Waals surface area (Å²) in [6.07, 6.45) is 0.714. The monoisotopic (exact) mass is 314 g/mol. The van der Waals surface area contributed by atoms with Crippen LogP contribution in [0.2, 0.25) is 0 Å². The second-order valence-electron chi connectivity index (χ2n) is 4.90. The number of hydrogen-bond donors (Lipinski definition) is 1. The van der Waals surface area contributed by atoms with Gasteiger partial charge < -0.3 is 15.2 Å². The summed E-state index contributed by atoms with van der Waals surface area (Å²) in [6, 6.07) is 4.69. The first-order valence-electron chi connectivity index (χ1n) is 7.13. The van der Waals surface area contributed by atoms with Gasteiger partial charge in [-0.25, -0.2) is 8.42 Å². The summed E-state index contributed by atoms with van der Waals surface area (Å²) < 4.78 is 38.1. The quantitative estimate of drug-likeness (QED) is 0.832. The maximum Gasteiger partial charge on any atom is 0.247 e. The summed E-state index contributed by atoms with van der Waals surface area (Å²) in [6.45, 7) is 5.30. The fourth-order valence-electron chi connectivity index (χ4n) is 2.30. The second kappa shape index (κ2) is 6.64. The molecule has 1 saturated heterocycles. The predicted molar refractivity (Wildman–Crippen MR) is 80.8 cm³/mol. The van der Waals surface area contributed by atoms with E-state index in [1.807, 2.05) is 13.8 Å². The maximum atomic E-state index is 12.8. The van der Waals surface area contributed by atoms with Crippen molar-refractivity contribution in [2.75, 3.05) is 32.0 Å². The molecule has 1 aromatic rings. The van der Waals surface area contributed by atoms with Gasteiger partial charge in [-0.3, -0.25) is 0 Å². The number of hydrogen-bond acceptors (Lipinski definition) is 5. The smallest absolute Gasteiger partial charge is 0.247 e. The highest BCUT2D eigenvalue weighted by molar-refractivity contribution is 7.89. The Kier molecular flexibility index (Phi) is 5.08. The number of benzene rings is 1. The second-order valence-corrected chi connectivity index (χ2v) is 6.81. The van der Waals surface area contributed by atoms with Gasteiger partial charge in [-0.15, -0.1) is 0 Å². The third-order valence-electron chi connectivity index (χ3n) is 3.44. The van der Waals surface area contributed by atoms with Crippen LogP contribution in [0.3, 0.4) is 0 Å². The minimum Gasteiger partial charge on any atom is -0.492 e. The predicted octanol–water partition coefficient (Wildman–Crippen LogP) is 1.47. The molecule has 0 aliphatic carbocycles. The molecule has 2 rings (SSSR count). The molecule has 0 amide bonds. The van der Waals surface area contributed by atoms with Crippen LogP contribution in [0.5, 0.6) is 5.75 Å². The first-order valence-corrected chi connectivity index (χ1v) is 8.57. The first-order chi connectivity index (χ1) is 9.98. The molecule has 1 aromatic carbocycles. The minimum absolute atomic E-state index is 0.0647. The zero-order valence-corrected chi connectivity index (χ0v) is 13.2. The summed E-state index contributed by atoms with van der Waals surface area (Å²) in [5.41, 5.74) is 6.14. The van der Waals surface area contributed by atoms with E-state index in [2.05, 4.69) is 0 Å². The average molecular weight is 314 g/mol. The van der Waals surface area contributed by atoms with Crippen LogP contribution >= 0.6 is 0 Å². The number of ether oxygens (including phenoxy) is 2. The summed E-state index contributed by atoms with van der Waals surface area (Å²) in [5.74, 6) is 0.339. The molecule has 1 atom stereocenters. The van der Waals surface area contributed by atoms with Crippen LogP contribution in [0.25, 0.3) is 0 Å². The Morgan fingerprint density at radius 3 is 2.86 bits per heavy atom. The van der Waals surface area contributed by atoms with E-state index in [0.29, 0.717) is 37.7 Å². The molecular weight excluding hydrogens is 292 g/mol. The Labute approximate surface area is 125 Å². The molecule has 0 radical (unpaired) electrons. The topological polar surface area (TPSA) is 81.9 Å². The number of nitrogen functional groups attached to an aromatic ring is 1. The molecule has 0 saturated carbocycles. The third kappa shape index (κ3) is 3.48. The highest BCUT2D eigenvalue weighted by Gasteiger charge is 2.32. The van der Waals surface area contributed by atoms with Crippen LogP contribution in [0.4, 0.5) is 5.69 Å². The zero-order valence-electron chi connectivity index (χ0n) is 12.4. The number of anilines is 1. The van der Waals surface area contributed by atoms with E-state index < -0.39 is 10.0 Å². The fraction of sp³-hybridized carbons (Fsp3) is 0.571. The molecule has 7 heteroatoms. The summed E-state index contributed by atoms with van der Waals surface area (Å²) in [7, 11) is -3.63. The Balaban J connectivity index is 2.36. The maximum absolute atomic E-state index is 12.8. The van der Waals surface area contributed by atoms with Gasteiger partial charge >= 0.3 is 0 Å². The lowest BCUT2D eigenvalue weighted by Gasteiger charge is -2.32. The lowest BCUT2D eigenvalue weighted by Crippen LogP contribution is -2.45. The van der Waals surface area contributed by atoms with Crippen LogP contribution in [0.15, 0.2) is 23.1 Å². The van der Waals surface area contributed by atoms with Gasteiger partial charge in [0.1, 0.15) is 10.6 Å². The molecule has 118 valence electrons. The highest BCUT2D eigenvalue weighted by atomic mass is 32.2.